The Morgan fingerprint density at radius 1 is 1.42 bits per heavy atom. The first-order chi connectivity index (χ1) is 9.19. The van der Waals surface area contributed by atoms with Gasteiger partial charge in [-0.05, 0) is 38.6 Å². The Morgan fingerprint density at radius 2 is 2.21 bits per heavy atom. The van der Waals surface area contributed by atoms with Crippen molar-refractivity contribution < 1.29 is 0 Å². The van der Waals surface area contributed by atoms with Crippen molar-refractivity contribution in [3.63, 3.8) is 0 Å². The van der Waals surface area contributed by atoms with E-state index in [1.807, 2.05) is 20.0 Å². The van der Waals surface area contributed by atoms with Gasteiger partial charge in [0.1, 0.15) is 17.5 Å². The van der Waals surface area contributed by atoms with Gasteiger partial charge in [-0.15, -0.1) is 0 Å². The SMILES string of the molecule is Cc1nc(NCC2CCC2)cc(N(C)CCCN)n1. The molecule has 1 aliphatic rings. The van der Waals surface area contributed by atoms with Crippen molar-refractivity contribution in [2.75, 3.05) is 36.9 Å². The molecule has 0 unspecified atom stereocenters. The lowest BCUT2D eigenvalue weighted by Crippen LogP contribution is -2.24. The number of nitrogens with zero attached hydrogens (tertiary/aromatic N) is 3. The molecule has 1 saturated carbocycles. The molecular weight excluding hydrogens is 238 g/mol. The molecule has 1 aromatic rings. The molecule has 2 rings (SSSR count). The fraction of sp³-hybridized carbons (Fsp3) is 0.714. The monoisotopic (exact) mass is 263 g/mol. The molecule has 0 amide bonds. The summed E-state index contributed by atoms with van der Waals surface area (Å²) in [7, 11) is 2.05. The molecule has 1 aromatic heterocycles. The second-order valence-electron chi connectivity index (χ2n) is 5.40. The predicted molar refractivity (Wildman–Crippen MR) is 79.5 cm³/mol. The van der Waals surface area contributed by atoms with E-state index in [0.29, 0.717) is 6.54 Å². The fourth-order valence-corrected chi connectivity index (χ4v) is 2.23. The number of aryl methyl sites for hydroxylation is 1. The molecule has 0 aliphatic heterocycles. The first kappa shape index (κ1) is 14.1. The quantitative estimate of drug-likeness (QED) is 0.785. The summed E-state index contributed by atoms with van der Waals surface area (Å²) in [5.74, 6) is 3.55. The summed E-state index contributed by atoms with van der Waals surface area (Å²) in [5.41, 5.74) is 5.55. The zero-order valence-electron chi connectivity index (χ0n) is 12.0. The van der Waals surface area contributed by atoms with Crippen LogP contribution in [0.1, 0.15) is 31.5 Å². The van der Waals surface area contributed by atoms with Gasteiger partial charge in [0.05, 0.1) is 0 Å². The Balaban J connectivity index is 1.96. The third-order valence-electron chi connectivity index (χ3n) is 3.71. The van der Waals surface area contributed by atoms with E-state index in [1.165, 1.54) is 19.3 Å². The van der Waals surface area contributed by atoms with Crippen LogP contribution < -0.4 is 16.0 Å². The summed E-state index contributed by atoms with van der Waals surface area (Å²) in [6, 6.07) is 2.03. The molecule has 3 N–H and O–H groups in total. The molecule has 19 heavy (non-hydrogen) atoms. The lowest BCUT2D eigenvalue weighted by atomic mass is 9.85. The first-order valence-corrected chi connectivity index (χ1v) is 7.20. The molecule has 0 saturated heterocycles. The molecule has 1 fully saturated rings. The van der Waals surface area contributed by atoms with Gasteiger partial charge in [-0.2, -0.15) is 0 Å². The van der Waals surface area contributed by atoms with Crippen LogP contribution in [0.25, 0.3) is 0 Å². The van der Waals surface area contributed by atoms with Crippen molar-refractivity contribution in [1.82, 2.24) is 9.97 Å². The van der Waals surface area contributed by atoms with E-state index >= 15 is 0 Å². The summed E-state index contributed by atoms with van der Waals surface area (Å²) in [6.07, 6.45) is 5.05. The topological polar surface area (TPSA) is 67.1 Å². The van der Waals surface area contributed by atoms with Gasteiger partial charge in [0.15, 0.2) is 0 Å². The van der Waals surface area contributed by atoms with Crippen LogP contribution in [0.4, 0.5) is 11.6 Å². The molecule has 0 bridgehead atoms. The molecule has 0 radical (unpaired) electrons. The van der Waals surface area contributed by atoms with Crippen molar-refractivity contribution in [3.8, 4) is 0 Å². The molecule has 5 heteroatoms. The van der Waals surface area contributed by atoms with Gasteiger partial charge in [-0.25, -0.2) is 9.97 Å². The van der Waals surface area contributed by atoms with Crippen molar-refractivity contribution in [2.45, 2.75) is 32.6 Å². The van der Waals surface area contributed by atoms with E-state index in [4.69, 9.17) is 5.73 Å². The van der Waals surface area contributed by atoms with Crippen molar-refractivity contribution in [3.05, 3.63) is 11.9 Å². The average Bonchev–Trinajstić information content (AvgIpc) is 2.33. The van der Waals surface area contributed by atoms with Crippen molar-refractivity contribution in [1.29, 1.82) is 0 Å². The number of nitrogens with two attached hydrogens (primary N) is 1. The molecule has 1 heterocycles. The third-order valence-corrected chi connectivity index (χ3v) is 3.71. The maximum absolute atomic E-state index is 5.55. The largest absolute Gasteiger partial charge is 0.370 e. The Morgan fingerprint density at radius 3 is 2.84 bits per heavy atom. The number of hydrogen-bond donors (Lipinski definition) is 2. The molecule has 0 spiro atoms. The summed E-state index contributed by atoms with van der Waals surface area (Å²) in [5, 5.41) is 3.44. The Hall–Kier alpha value is -1.36. The van der Waals surface area contributed by atoms with E-state index in [9.17, 15) is 0 Å². The van der Waals surface area contributed by atoms with E-state index in [1.54, 1.807) is 0 Å². The van der Waals surface area contributed by atoms with Crippen LogP contribution in [0, 0.1) is 12.8 Å². The van der Waals surface area contributed by atoms with Gasteiger partial charge in [0.25, 0.3) is 0 Å². The van der Waals surface area contributed by atoms with Crippen LogP contribution in [0.15, 0.2) is 6.07 Å². The van der Waals surface area contributed by atoms with E-state index in [-0.39, 0.29) is 0 Å². The van der Waals surface area contributed by atoms with Gasteiger partial charge in [-0.3, -0.25) is 0 Å². The van der Waals surface area contributed by atoms with E-state index in [0.717, 1.165) is 42.9 Å². The van der Waals surface area contributed by atoms with Crippen LogP contribution in [-0.4, -0.2) is 36.6 Å². The molecule has 0 aromatic carbocycles. The number of anilines is 2. The van der Waals surface area contributed by atoms with E-state index < -0.39 is 0 Å². The summed E-state index contributed by atoms with van der Waals surface area (Å²) < 4.78 is 0. The van der Waals surface area contributed by atoms with Gasteiger partial charge >= 0.3 is 0 Å². The highest BCUT2D eigenvalue weighted by atomic mass is 15.2. The lowest BCUT2D eigenvalue weighted by molar-refractivity contribution is 0.333. The molecule has 1 aliphatic carbocycles. The lowest BCUT2D eigenvalue weighted by Gasteiger charge is -2.26. The van der Waals surface area contributed by atoms with Crippen LogP contribution >= 0.6 is 0 Å². The Kier molecular flexibility index (Phi) is 4.96. The number of rotatable bonds is 7. The minimum atomic E-state index is 0.710. The Labute approximate surface area is 115 Å². The fourth-order valence-electron chi connectivity index (χ4n) is 2.23. The summed E-state index contributed by atoms with van der Waals surface area (Å²) in [4.78, 5) is 11.1. The zero-order chi connectivity index (χ0) is 13.7. The molecule has 5 nitrogen and oxygen atoms in total. The summed E-state index contributed by atoms with van der Waals surface area (Å²) in [6.45, 7) is 4.60. The predicted octanol–water partition coefficient (Wildman–Crippen LogP) is 1.78. The van der Waals surface area contributed by atoms with Gasteiger partial charge < -0.3 is 16.0 Å². The van der Waals surface area contributed by atoms with Gasteiger partial charge in [-0.1, -0.05) is 6.42 Å². The number of aromatic nitrogens is 2. The average molecular weight is 263 g/mol. The van der Waals surface area contributed by atoms with Crippen LogP contribution in [-0.2, 0) is 0 Å². The second-order valence-corrected chi connectivity index (χ2v) is 5.40. The molecule has 0 atom stereocenters. The third kappa shape index (κ3) is 4.06. The first-order valence-electron chi connectivity index (χ1n) is 7.20. The zero-order valence-corrected chi connectivity index (χ0v) is 12.0. The van der Waals surface area contributed by atoms with Crippen molar-refractivity contribution in [2.24, 2.45) is 11.7 Å². The molecular formula is C14H25N5. The van der Waals surface area contributed by atoms with Crippen LogP contribution in [0.3, 0.4) is 0 Å². The highest BCUT2D eigenvalue weighted by Gasteiger charge is 2.17. The molecule has 106 valence electrons. The second kappa shape index (κ2) is 6.70. The maximum atomic E-state index is 5.55. The minimum Gasteiger partial charge on any atom is -0.370 e. The normalized spacial score (nSPS) is 15.1. The Bertz CT molecular complexity index is 403. The number of nitrogens with one attached hydrogen (secondary N) is 1. The minimum absolute atomic E-state index is 0.710. The maximum Gasteiger partial charge on any atom is 0.134 e. The smallest absolute Gasteiger partial charge is 0.134 e. The highest BCUT2D eigenvalue weighted by molar-refractivity contribution is 5.49. The van der Waals surface area contributed by atoms with E-state index in [2.05, 4.69) is 20.2 Å². The van der Waals surface area contributed by atoms with Crippen LogP contribution in [0.5, 0.6) is 0 Å². The highest BCUT2D eigenvalue weighted by Crippen LogP contribution is 2.26. The van der Waals surface area contributed by atoms with Gasteiger partial charge in [0.2, 0.25) is 0 Å². The van der Waals surface area contributed by atoms with Crippen molar-refractivity contribution >= 4 is 11.6 Å². The van der Waals surface area contributed by atoms with Gasteiger partial charge in [0, 0.05) is 26.2 Å². The summed E-state index contributed by atoms with van der Waals surface area (Å²) >= 11 is 0. The number of hydrogen-bond acceptors (Lipinski definition) is 5. The standard InChI is InChI=1S/C14H25N5/c1-11-17-13(16-10-12-5-3-6-12)9-14(18-11)19(2)8-4-7-15/h9,12H,3-8,10,15H2,1-2H3,(H,16,17,18). The van der Waals surface area contributed by atoms with Crippen LogP contribution in [0.2, 0.25) is 0 Å².